The molecule has 1 unspecified atom stereocenters. The first-order valence-electron chi connectivity index (χ1n) is 6.59. The zero-order valence-electron chi connectivity index (χ0n) is 10.6. The molecular formula is C14H21ClO2. The SMILES string of the molecule is CCC[C@H]1C2C(/C=C/COOCC)=C(Cl)C[C@@H]21. The first-order chi connectivity index (χ1) is 8.29. The molecule has 0 heterocycles. The number of fused-ring (bicyclic) bond motifs is 1. The van der Waals surface area contributed by atoms with Crippen molar-refractivity contribution in [3.05, 3.63) is 22.8 Å². The third-order valence-corrected chi connectivity index (χ3v) is 4.08. The van der Waals surface area contributed by atoms with Crippen molar-refractivity contribution in [3.63, 3.8) is 0 Å². The molecule has 3 atom stereocenters. The maximum atomic E-state index is 6.27. The maximum Gasteiger partial charge on any atom is 0.101 e. The Morgan fingerprint density at radius 3 is 2.88 bits per heavy atom. The minimum atomic E-state index is 0.497. The van der Waals surface area contributed by atoms with E-state index >= 15 is 0 Å². The van der Waals surface area contributed by atoms with E-state index in [0.29, 0.717) is 13.2 Å². The van der Waals surface area contributed by atoms with E-state index in [0.717, 1.165) is 29.2 Å². The van der Waals surface area contributed by atoms with Crippen LogP contribution in [0.5, 0.6) is 0 Å². The van der Waals surface area contributed by atoms with Gasteiger partial charge in [-0.25, -0.2) is 9.78 Å². The molecule has 2 rings (SSSR count). The van der Waals surface area contributed by atoms with Gasteiger partial charge < -0.3 is 0 Å². The molecule has 96 valence electrons. The van der Waals surface area contributed by atoms with Gasteiger partial charge in [-0.15, -0.1) is 0 Å². The lowest BCUT2D eigenvalue weighted by Crippen LogP contribution is -1.94. The van der Waals surface area contributed by atoms with E-state index in [9.17, 15) is 0 Å². The third kappa shape index (κ3) is 2.93. The van der Waals surface area contributed by atoms with Crippen molar-refractivity contribution in [1.82, 2.24) is 0 Å². The highest BCUT2D eigenvalue weighted by Crippen LogP contribution is 2.62. The van der Waals surface area contributed by atoms with Gasteiger partial charge in [0.15, 0.2) is 0 Å². The van der Waals surface area contributed by atoms with E-state index in [1.54, 1.807) is 0 Å². The van der Waals surface area contributed by atoms with Crippen LogP contribution in [0, 0.1) is 17.8 Å². The average molecular weight is 257 g/mol. The Morgan fingerprint density at radius 2 is 2.18 bits per heavy atom. The van der Waals surface area contributed by atoms with Crippen LogP contribution in [0.3, 0.4) is 0 Å². The predicted molar refractivity (Wildman–Crippen MR) is 69.6 cm³/mol. The fourth-order valence-corrected chi connectivity index (χ4v) is 3.33. The average Bonchev–Trinajstić information content (AvgIpc) is 2.84. The molecule has 1 fully saturated rings. The van der Waals surface area contributed by atoms with Gasteiger partial charge in [0.25, 0.3) is 0 Å². The van der Waals surface area contributed by atoms with Crippen LogP contribution in [0.4, 0.5) is 0 Å². The molecule has 2 aliphatic carbocycles. The Hall–Kier alpha value is -0.310. The van der Waals surface area contributed by atoms with Gasteiger partial charge in [-0.05, 0) is 43.1 Å². The minimum absolute atomic E-state index is 0.497. The highest BCUT2D eigenvalue weighted by molar-refractivity contribution is 6.30. The molecule has 0 N–H and O–H groups in total. The van der Waals surface area contributed by atoms with Gasteiger partial charge in [0, 0.05) is 5.03 Å². The van der Waals surface area contributed by atoms with Gasteiger partial charge in [0.05, 0.1) is 6.61 Å². The van der Waals surface area contributed by atoms with Gasteiger partial charge in [-0.3, -0.25) is 0 Å². The van der Waals surface area contributed by atoms with Crippen LogP contribution in [-0.4, -0.2) is 13.2 Å². The second-order valence-electron chi connectivity index (χ2n) is 4.80. The zero-order chi connectivity index (χ0) is 12.3. The van der Waals surface area contributed by atoms with Crippen molar-refractivity contribution in [1.29, 1.82) is 0 Å². The minimum Gasteiger partial charge on any atom is -0.237 e. The summed E-state index contributed by atoms with van der Waals surface area (Å²) in [5.74, 6) is 2.44. The summed E-state index contributed by atoms with van der Waals surface area (Å²) in [6.07, 6.45) is 7.83. The Labute approximate surface area is 109 Å². The summed E-state index contributed by atoms with van der Waals surface area (Å²) >= 11 is 6.27. The number of hydrogen-bond acceptors (Lipinski definition) is 2. The van der Waals surface area contributed by atoms with E-state index in [1.165, 1.54) is 18.4 Å². The van der Waals surface area contributed by atoms with Crippen molar-refractivity contribution in [3.8, 4) is 0 Å². The number of rotatable bonds is 7. The van der Waals surface area contributed by atoms with Crippen molar-refractivity contribution in [2.75, 3.05) is 13.2 Å². The first kappa shape index (κ1) is 13.1. The quantitative estimate of drug-likeness (QED) is 0.388. The van der Waals surface area contributed by atoms with Crippen molar-refractivity contribution < 1.29 is 9.78 Å². The molecular weight excluding hydrogens is 236 g/mol. The molecule has 0 bridgehead atoms. The molecule has 0 amide bonds. The molecule has 1 saturated carbocycles. The normalized spacial score (nSPS) is 31.4. The van der Waals surface area contributed by atoms with Crippen LogP contribution >= 0.6 is 11.6 Å². The van der Waals surface area contributed by atoms with Crippen molar-refractivity contribution in [2.45, 2.75) is 33.1 Å². The smallest absolute Gasteiger partial charge is 0.101 e. The largest absolute Gasteiger partial charge is 0.237 e. The van der Waals surface area contributed by atoms with Crippen LogP contribution in [-0.2, 0) is 9.78 Å². The Kier molecular flexibility index (Phi) is 4.66. The summed E-state index contributed by atoms with van der Waals surface area (Å²) < 4.78 is 0. The monoisotopic (exact) mass is 256 g/mol. The topological polar surface area (TPSA) is 18.5 Å². The fraction of sp³-hybridized carbons (Fsp3) is 0.714. The number of hydrogen-bond donors (Lipinski definition) is 0. The predicted octanol–water partition coefficient (Wildman–Crippen LogP) is 4.07. The van der Waals surface area contributed by atoms with Crippen LogP contribution < -0.4 is 0 Å². The Morgan fingerprint density at radius 1 is 1.35 bits per heavy atom. The lowest BCUT2D eigenvalue weighted by molar-refractivity contribution is -0.282. The van der Waals surface area contributed by atoms with Crippen LogP contribution in [0.25, 0.3) is 0 Å². The number of halogens is 1. The van der Waals surface area contributed by atoms with E-state index in [-0.39, 0.29) is 0 Å². The summed E-state index contributed by atoms with van der Waals surface area (Å²) in [4.78, 5) is 9.77. The summed E-state index contributed by atoms with van der Waals surface area (Å²) in [6, 6.07) is 0. The Balaban J connectivity index is 1.82. The van der Waals surface area contributed by atoms with Crippen LogP contribution in [0.1, 0.15) is 33.1 Å². The lowest BCUT2D eigenvalue weighted by Gasteiger charge is -2.04. The van der Waals surface area contributed by atoms with Gasteiger partial charge in [-0.2, -0.15) is 0 Å². The van der Waals surface area contributed by atoms with Gasteiger partial charge in [-0.1, -0.05) is 37.1 Å². The maximum absolute atomic E-state index is 6.27. The standard InChI is InChI=1S/C14H21ClO2/c1-3-6-10-12-9-13(15)11(14(10)12)7-5-8-17-16-4-2/h5,7,10,12,14H,3-4,6,8-9H2,1-2H3/b7-5+/t10-,12-,14?/m1/s1. The fourth-order valence-electron chi connectivity index (χ4n) is 2.96. The second-order valence-corrected chi connectivity index (χ2v) is 5.26. The summed E-state index contributed by atoms with van der Waals surface area (Å²) in [5.41, 5.74) is 1.34. The molecule has 2 aliphatic rings. The van der Waals surface area contributed by atoms with E-state index < -0.39 is 0 Å². The lowest BCUT2D eigenvalue weighted by atomic mass is 10.1. The summed E-state index contributed by atoms with van der Waals surface area (Å²) in [6.45, 7) is 5.24. The van der Waals surface area contributed by atoms with E-state index in [2.05, 4.69) is 13.0 Å². The van der Waals surface area contributed by atoms with E-state index in [4.69, 9.17) is 21.4 Å². The molecule has 3 heteroatoms. The van der Waals surface area contributed by atoms with Crippen molar-refractivity contribution >= 4 is 11.6 Å². The van der Waals surface area contributed by atoms with Crippen molar-refractivity contribution in [2.24, 2.45) is 17.8 Å². The summed E-state index contributed by atoms with van der Waals surface area (Å²) in [7, 11) is 0. The molecule has 0 aromatic carbocycles. The summed E-state index contributed by atoms with van der Waals surface area (Å²) in [5, 5.41) is 1.06. The highest BCUT2D eigenvalue weighted by atomic mass is 35.5. The molecule has 17 heavy (non-hydrogen) atoms. The highest BCUT2D eigenvalue weighted by Gasteiger charge is 2.54. The van der Waals surface area contributed by atoms with Gasteiger partial charge >= 0.3 is 0 Å². The van der Waals surface area contributed by atoms with Crippen LogP contribution in [0.15, 0.2) is 22.8 Å². The molecule has 0 aliphatic heterocycles. The second kappa shape index (κ2) is 6.03. The zero-order valence-corrected chi connectivity index (χ0v) is 11.4. The molecule has 0 radical (unpaired) electrons. The molecule has 0 aromatic rings. The van der Waals surface area contributed by atoms with E-state index in [1.807, 2.05) is 13.0 Å². The Bertz CT molecular complexity index is 322. The van der Waals surface area contributed by atoms with Gasteiger partial charge in [0.2, 0.25) is 0 Å². The van der Waals surface area contributed by atoms with Gasteiger partial charge in [0.1, 0.15) is 6.61 Å². The molecule has 0 spiro atoms. The molecule has 2 nitrogen and oxygen atoms in total. The molecule has 0 aromatic heterocycles. The third-order valence-electron chi connectivity index (χ3n) is 3.70. The number of allylic oxidation sites excluding steroid dienone is 3. The molecule has 0 saturated heterocycles. The van der Waals surface area contributed by atoms with Crippen LogP contribution in [0.2, 0.25) is 0 Å². The first-order valence-corrected chi connectivity index (χ1v) is 6.96.